The fraction of sp³-hybridized carbons (Fsp3) is 0.273. The highest BCUT2D eigenvalue weighted by Crippen LogP contribution is 2.32. The Balaban J connectivity index is 1.66. The molecule has 3 heterocycles. The van der Waals surface area contributed by atoms with Gasteiger partial charge in [-0.05, 0) is 37.6 Å². The zero-order valence-corrected chi connectivity index (χ0v) is 17.9. The van der Waals surface area contributed by atoms with Crippen LogP contribution in [0.25, 0.3) is 22.0 Å². The van der Waals surface area contributed by atoms with E-state index in [2.05, 4.69) is 30.7 Å². The van der Waals surface area contributed by atoms with E-state index in [4.69, 9.17) is 4.74 Å². The molecule has 0 aliphatic heterocycles. The number of nitrogens with zero attached hydrogens (tertiary/aromatic N) is 5. The number of pyridine rings is 1. The van der Waals surface area contributed by atoms with Crippen LogP contribution in [0.2, 0.25) is 0 Å². The second kappa shape index (κ2) is 8.19. The van der Waals surface area contributed by atoms with Crippen LogP contribution in [0, 0.1) is 0 Å². The number of rotatable bonds is 7. The Labute approximate surface area is 180 Å². The minimum atomic E-state index is -0.537. The molecule has 0 unspecified atom stereocenters. The quantitative estimate of drug-likeness (QED) is 0.418. The standard InChI is InChI=1S/C22H25N7O2/c1-22(2,13-30)28-20-19-15(7-8-23-20)10-24-21(27-19)26-17-6-5-14(9-18(17)31-4)16-11-25-29(3)12-16/h5-12,30H,13H2,1-4H3,(H,23,28)(H,24,26,27). The van der Waals surface area contributed by atoms with E-state index >= 15 is 0 Å². The number of aryl methyl sites for hydroxylation is 1. The highest BCUT2D eigenvalue weighted by molar-refractivity contribution is 5.88. The first-order chi connectivity index (χ1) is 14.9. The molecule has 0 amide bonds. The summed E-state index contributed by atoms with van der Waals surface area (Å²) in [4.78, 5) is 13.5. The van der Waals surface area contributed by atoms with Crippen molar-refractivity contribution in [1.82, 2.24) is 24.7 Å². The number of fused-ring (bicyclic) bond motifs is 1. The first-order valence-electron chi connectivity index (χ1n) is 9.83. The lowest BCUT2D eigenvalue weighted by Gasteiger charge is -2.24. The van der Waals surface area contributed by atoms with Crippen molar-refractivity contribution in [2.45, 2.75) is 19.4 Å². The number of anilines is 3. The lowest BCUT2D eigenvalue weighted by molar-refractivity contribution is 0.234. The molecule has 0 saturated carbocycles. The Morgan fingerprint density at radius 3 is 2.68 bits per heavy atom. The maximum absolute atomic E-state index is 9.59. The number of aliphatic hydroxyl groups excluding tert-OH is 1. The Morgan fingerprint density at radius 1 is 1.13 bits per heavy atom. The van der Waals surface area contributed by atoms with E-state index in [1.165, 1.54) is 0 Å². The van der Waals surface area contributed by atoms with Gasteiger partial charge in [0.1, 0.15) is 11.3 Å². The van der Waals surface area contributed by atoms with E-state index in [0.717, 1.165) is 22.2 Å². The summed E-state index contributed by atoms with van der Waals surface area (Å²) < 4.78 is 7.34. The summed E-state index contributed by atoms with van der Waals surface area (Å²) in [5.74, 6) is 1.66. The molecular formula is C22H25N7O2. The molecule has 9 heteroatoms. The van der Waals surface area contributed by atoms with Crippen LogP contribution in [0.1, 0.15) is 13.8 Å². The van der Waals surface area contributed by atoms with Crippen LogP contribution in [0.3, 0.4) is 0 Å². The topological polar surface area (TPSA) is 110 Å². The highest BCUT2D eigenvalue weighted by Gasteiger charge is 2.19. The van der Waals surface area contributed by atoms with Crippen LogP contribution in [-0.2, 0) is 7.05 Å². The summed E-state index contributed by atoms with van der Waals surface area (Å²) in [5.41, 5.74) is 2.86. The number of hydrogen-bond donors (Lipinski definition) is 3. The van der Waals surface area contributed by atoms with E-state index in [1.54, 1.807) is 24.2 Å². The van der Waals surface area contributed by atoms with Gasteiger partial charge < -0.3 is 20.5 Å². The molecule has 0 bridgehead atoms. The van der Waals surface area contributed by atoms with Crippen molar-refractivity contribution in [3.63, 3.8) is 0 Å². The van der Waals surface area contributed by atoms with Crippen molar-refractivity contribution in [1.29, 1.82) is 0 Å². The number of nitrogens with one attached hydrogen (secondary N) is 2. The Bertz CT molecular complexity index is 1220. The molecule has 0 radical (unpaired) electrons. The zero-order valence-electron chi connectivity index (χ0n) is 17.9. The second-order valence-electron chi connectivity index (χ2n) is 7.90. The zero-order chi connectivity index (χ0) is 22.0. The maximum Gasteiger partial charge on any atom is 0.227 e. The van der Waals surface area contributed by atoms with E-state index < -0.39 is 5.54 Å². The molecule has 4 rings (SSSR count). The predicted molar refractivity (Wildman–Crippen MR) is 121 cm³/mol. The van der Waals surface area contributed by atoms with Crippen molar-refractivity contribution in [2.24, 2.45) is 7.05 Å². The van der Waals surface area contributed by atoms with Crippen molar-refractivity contribution in [3.05, 3.63) is 49.1 Å². The largest absolute Gasteiger partial charge is 0.495 e. The van der Waals surface area contributed by atoms with Gasteiger partial charge in [0.05, 0.1) is 31.1 Å². The molecule has 1 aromatic carbocycles. The van der Waals surface area contributed by atoms with E-state index in [0.29, 0.717) is 23.0 Å². The van der Waals surface area contributed by atoms with Crippen molar-refractivity contribution < 1.29 is 9.84 Å². The number of methoxy groups -OCH3 is 1. The van der Waals surface area contributed by atoms with E-state index in [-0.39, 0.29) is 6.61 Å². The van der Waals surface area contributed by atoms with Gasteiger partial charge in [-0.3, -0.25) is 4.68 Å². The van der Waals surface area contributed by atoms with Gasteiger partial charge in [-0.1, -0.05) is 6.07 Å². The summed E-state index contributed by atoms with van der Waals surface area (Å²) in [6.45, 7) is 3.74. The van der Waals surface area contributed by atoms with Crippen LogP contribution < -0.4 is 15.4 Å². The minimum absolute atomic E-state index is 0.0399. The van der Waals surface area contributed by atoms with Crippen molar-refractivity contribution in [2.75, 3.05) is 24.4 Å². The first-order valence-corrected chi connectivity index (χ1v) is 9.83. The second-order valence-corrected chi connectivity index (χ2v) is 7.90. The van der Waals surface area contributed by atoms with Crippen LogP contribution in [0.4, 0.5) is 17.5 Å². The molecule has 31 heavy (non-hydrogen) atoms. The van der Waals surface area contributed by atoms with Gasteiger partial charge in [-0.2, -0.15) is 5.10 Å². The average Bonchev–Trinajstić information content (AvgIpc) is 3.20. The van der Waals surface area contributed by atoms with E-state index in [1.807, 2.05) is 57.6 Å². The highest BCUT2D eigenvalue weighted by atomic mass is 16.5. The van der Waals surface area contributed by atoms with Crippen LogP contribution >= 0.6 is 0 Å². The molecule has 3 N–H and O–H groups in total. The number of aliphatic hydroxyl groups is 1. The normalized spacial score (nSPS) is 11.5. The fourth-order valence-electron chi connectivity index (χ4n) is 3.13. The number of ether oxygens (including phenoxy) is 1. The number of aromatic nitrogens is 5. The van der Waals surface area contributed by atoms with Gasteiger partial charge >= 0.3 is 0 Å². The Hall–Kier alpha value is -3.72. The van der Waals surface area contributed by atoms with Gasteiger partial charge in [-0.15, -0.1) is 0 Å². The fourth-order valence-corrected chi connectivity index (χ4v) is 3.13. The third kappa shape index (κ3) is 4.41. The summed E-state index contributed by atoms with van der Waals surface area (Å²) in [5, 5.41) is 21.1. The third-order valence-corrected chi connectivity index (χ3v) is 4.84. The SMILES string of the molecule is COc1cc(-c2cnn(C)c2)ccc1Nc1ncc2ccnc(NC(C)(C)CO)c2n1. The molecule has 0 saturated heterocycles. The van der Waals surface area contributed by atoms with Gasteiger partial charge in [-0.25, -0.2) is 15.0 Å². The molecule has 0 fully saturated rings. The van der Waals surface area contributed by atoms with Crippen molar-refractivity contribution in [3.8, 4) is 16.9 Å². The van der Waals surface area contributed by atoms with Crippen molar-refractivity contribution >= 4 is 28.4 Å². The lowest BCUT2D eigenvalue weighted by atomic mass is 10.1. The molecule has 0 aliphatic carbocycles. The van der Waals surface area contributed by atoms with E-state index in [9.17, 15) is 5.11 Å². The molecule has 4 aromatic rings. The van der Waals surface area contributed by atoms with Crippen LogP contribution in [0.5, 0.6) is 5.75 Å². The molecular weight excluding hydrogens is 394 g/mol. The number of benzene rings is 1. The molecule has 0 atom stereocenters. The average molecular weight is 419 g/mol. The predicted octanol–water partition coefficient (Wildman–Crippen LogP) is 3.36. The molecule has 0 aliphatic rings. The maximum atomic E-state index is 9.59. The van der Waals surface area contributed by atoms with Gasteiger partial charge in [0.15, 0.2) is 5.82 Å². The smallest absolute Gasteiger partial charge is 0.227 e. The molecule has 9 nitrogen and oxygen atoms in total. The Kier molecular flexibility index (Phi) is 5.43. The van der Waals surface area contributed by atoms with Gasteiger partial charge in [0.2, 0.25) is 5.95 Å². The third-order valence-electron chi connectivity index (χ3n) is 4.84. The first kappa shape index (κ1) is 20.5. The van der Waals surface area contributed by atoms with Crippen LogP contribution in [0.15, 0.2) is 49.1 Å². The summed E-state index contributed by atoms with van der Waals surface area (Å²) >= 11 is 0. The molecule has 160 valence electrons. The monoisotopic (exact) mass is 419 g/mol. The summed E-state index contributed by atoms with van der Waals surface area (Å²) in [6.07, 6.45) is 7.18. The minimum Gasteiger partial charge on any atom is -0.495 e. The summed E-state index contributed by atoms with van der Waals surface area (Å²) in [6, 6.07) is 7.70. The Morgan fingerprint density at radius 2 is 1.97 bits per heavy atom. The molecule has 0 spiro atoms. The van der Waals surface area contributed by atoms with Gasteiger partial charge in [0.25, 0.3) is 0 Å². The molecule has 3 aromatic heterocycles. The van der Waals surface area contributed by atoms with Gasteiger partial charge in [0, 0.05) is 36.6 Å². The lowest BCUT2D eigenvalue weighted by Crippen LogP contribution is -2.35. The summed E-state index contributed by atoms with van der Waals surface area (Å²) in [7, 11) is 3.51. The number of hydrogen-bond acceptors (Lipinski definition) is 8. The van der Waals surface area contributed by atoms with Crippen LogP contribution in [-0.4, -0.2) is 49.1 Å².